The van der Waals surface area contributed by atoms with Crippen LogP contribution >= 0.6 is 0 Å². The van der Waals surface area contributed by atoms with Gasteiger partial charge in [0.15, 0.2) is 0 Å². The number of hydrogen-bond donors (Lipinski definition) is 4. The summed E-state index contributed by atoms with van der Waals surface area (Å²) in [5.74, 6) is 0.951. The maximum atomic E-state index is 13.3. The van der Waals surface area contributed by atoms with Crippen LogP contribution in [-0.2, 0) is 4.79 Å². The zero-order valence-corrected chi connectivity index (χ0v) is 20.2. The molecule has 5 rings (SSSR count). The highest BCUT2D eigenvalue weighted by Gasteiger charge is 2.35. The van der Waals surface area contributed by atoms with Crippen molar-refractivity contribution in [1.82, 2.24) is 25.2 Å². The molecule has 0 unspecified atom stereocenters. The molecule has 190 valence electrons. The summed E-state index contributed by atoms with van der Waals surface area (Å²) in [6.45, 7) is 1.90. The third kappa shape index (κ3) is 4.59. The van der Waals surface area contributed by atoms with Gasteiger partial charge in [-0.1, -0.05) is 0 Å². The highest BCUT2D eigenvalue weighted by Crippen LogP contribution is 2.38. The van der Waals surface area contributed by atoms with E-state index < -0.39 is 30.6 Å². The van der Waals surface area contributed by atoms with E-state index >= 15 is 0 Å². The molecular weight excluding hydrogens is 466 g/mol. The van der Waals surface area contributed by atoms with Crippen LogP contribution in [0.3, 0.4) is 0 Å². The Labute approximate surface area is 207 Å². The summed E-state index contributed by atoms with van der Waals surface area (Å²) in [5, 5.41) is 22.2. The van der Waals surface area contributed by atoms with Gasteiger partial charge in [0.1, 0.15) is 35.6 Å². The molecule has 11 nitrogen and oxygen atoms in total. The Morgan fingerprint density at radius 2 is 2.06 bits per heavy atom. The Kier molecular flexibility index (Phi) is 6.50. The number of carbonyl (C=O) groups excluding carboxylic acids is 2. The summed E-state index contributed by atoms with van der Waals surface area (Å²) in [6, 6.07) is 4.87. The van der Waals surface area contributed by atoms with Crippen molar-refractivity contribution in [3.05, 3.63) is 35.8 Å². The van der Waals surface area contributed by atoms with Crippen molar-refractivity contribution in [2.24, 2.45) is 5.92 Å². The number of aromatic amines is 1. The van der Waals surface area contributed by atoms with Crippen molar-refractivity contribution < 1.29 is 29.3 Å². The number of amides is 2. The molecule has 1 aliphatic carbocycles. The number of nitrogens with zero attached hydrogens (tertiary/aromatic N) is 3. The van der Waals surface area contributed by atoms with Crippen LogP contribution in [0.15, 0.2) is 24.5 Å². The number of ether oxygens (including phenoxy) is 2. The SMILES string of the molecule is COc1ccc(-c2ncnc3c(C(=O)N[C@@H]4CN(C(=O)CO)C[C@@H]4O)c(C)[nH]c23)c(OCC2CC2)c1. The van der Waals surface area contributed by atoms with Crippen LogP contribution in [0.1, 0.15) is 28.9 Å². The number of benzene rings is 1. The van der Waals surface area contributed by atoms with Crippen LogP contribution in [0.5, 0.6) is 11.5 Å². The molecule has 1 saturated heterocycles. The number of aliphatic hydroxyl groups excluding tert-OH is 2. The van der Waals surface area contributed by atoms with E-state index in [0.29, 0.717) is 52.0 Å². The molecule has 36 heavy (non-hydrogen) atoms. The molecule has 2 amide bonds. The van der Waals surface area contributed by atoms with E-state index in [1.165, 1.54) is 11.2 Å². The van der Waals surface area contributed by atoms with Crippen molar-refractivity contribution in [2.45, 2.75) is 31.9 Å². The summed E-state index contributed by atoms with van der Waals surface area (Å²) in [5.41, 5.74) is 3.30. The first-order valence-electron chi connectivity index (χ1n) is 11.9. The zero-order valence-electron chi connectivity index (χ0n) is 20.2. The number of rotatable bonds is 8. The first-order chi connectivity index (χ1) is 17.4. The van der Waals surface area contributed by atoms with Gasteiger partial charge in [-0.2, -0.15) is 0 Å². The molecule has 2 fully saturated rings. The topological polar surface area (TPSA) is 150 Å². The van der Waals surface area contributed by atoms with Crippen molar-refractivity contribution >= 4 is 22.8 Å². The predicted molar refractivity (Wildman–Crippen MR) is 130 cm³/mol. The number of methoxy groups -OCH3 is 1. The number of H-pyrrole nitrogens is 1. The van der Waals surface area contributed by atoms with Gasteiger partial charge in [0, 0.05) is 30.4 Å². The van der Waals surface area contributed by atoms with E-state index in [9.17, 15) is 14.7 Å². The number of aliphatic hydroxyl groups is 2. The second-order valence-corrected chi connectivity index (χ2v) is 9.29. The Morgan fingerprint density at radius 3 is 2.78 bits per heavy atom. The van der Waals surface area contributed by atoms with Gasteiger partial charge >= 0.3 is 0 Å². The van der Waals surface area contributed by atoms with E-state index in [0.717, 1.165) is 18.4 Å². The average molecular weight is 496 g/mol. The van der Waals surface area contributed by atoms with E-state index in [2.05, 4.69) is 20.3 Å². The lowest BCUT2D eigenvalue weighted by Crippen LogP contribution is -2.43. The Bertz CT molecular complexity index is 1300. The minimum atomic E-state index is -0.939. The van der Waals surface area contributed by atoms with Crippen molar-refractivity contribution in [3.8, 4) is 22.8 Å². The largest absolute Gasteiger partial charge is 0.497 e. The van der Waals surface area contributed by atoms with Gasteiger partial charge in [0.2, 0.25) is 5.91 Å². The van der Waals surface area contributed by atoms with Gasteiger partial charge in [-0.25, -0.2) is 9.97 Å². The van der Waals surface area contributed by atoms with Crippen LogP contribution < -0.4 is 14.8 Å². The van der Waals surface area contributed by atoms with Gasteiger partial charge in [-0.05, 0) is 37.8 Å². The van der Waals surface area contributed by atoms with Crippen LogP contribution in [0.2, 0.25) is 0 Å². The lowest BCUT2D eigenvalue weighted by molar-refractivity contribution is -0.133. The average Bonchev–Trinajstić information content (AvgIpc) is 3.55. The second kappa shape index (κ2) is 9.75. The molecule has 1 aromatic carbocycles. The van der Waals surface area contributed by atoms with Gasteiger partial charge in [-0.3, -0.25) is 9.59 Å². The Balaban J connectivity index is 1.46. The molecule has 3 heterocycles. The molecule has 1 aliphatic heterocycles. The van der Waals surface area contributed by atoms with Crippen molar-refractivity contribution in [1.29, 1.82) is 0 Å². The van der Waals surface area contributed by atoms with Crippen molar-refractivity contribution in [2.75, 3.05) is 33.4 Å². The van der Waals surface area contributed by atoms with Crippen molar-refractivity contribution in [3.63, 3.8) is 0 Å². The van der Waals surface area contributed by atoms with E-state index in [-0.39, 0.29) is 13.1 Å². The maximum Gasteiger partial charge on any atom is 0.255 e. The maximum absolute atomic E-state index is 13.3. The summed E-state index contributed by atoms with van der Waals surface area (Å²) < 4.78 is 11.5. The number of likely N-dealkylation sites (tertiary alicyclic amines) is 1. The molecule has 0 spiro atoms. The van der Waals surface area contributed by atoms with Crippen LogP contribution in [0.4, 0.5) is 0 Å². The summed E-state index contributed by atoms with van der Waals surface area (Å²) in [7, 11) is 1.60. The quantitative estimate of drug-likeness (QED) is 0.362. The fourth-order valence-corrected chi connectivity index (χ4v) is 4.51. The Morgan fingerprint density at radius 1 is 1.25 bits per heavy atom. The molecule has 2 atom stereocenters. The Hall–Kier alpha value is -3.70. The minimum absolute atomic E-state index is 0.0463. The number of fused-ring (bicyclic) bond motifs is 1. The standard InChI is InChI=1S/C25H29N5O6/c1-13-21(25(34)29-17-8-30(9-18(17)32)20(33)10-31)23-24(28-13)22(26-12-27-23)16-6-5-15(35-2)7-19(16)36-11-14-3-4-14/h5-7,12,14,17-18,28,31-32H,3-4,8-11H2,1-2H3,(H,29,34)/t17-,18+/m1/s1. The fraction of sp³-hybridized carbons (Fsp3) is 0.440. The molecule has 2 aromatic heterocycles. The normalized spacial score (nSPS) is 19.5. The van der Waals surface area contributed by atoms with E-state index in [4.69, 9.17) is 14.6 Å². The summed E-state index contributed by atoms with van der Waals surface area (Å²) in [6.07, 6.45) is 2.79. The molecule has 3 aromatic rings. The summed E-state index contributed by atoms with van der Waals surface area (Å²) in [4.78, 5) is 38.5. The molecule has 0 radical (unpaired) electrons. The van der Waals surface area contributed by atoms with Crippen LogP contribution in [0.25, 0.3) is 22.3 Å². The van der Waals surface area contributed by atoms with Crippen LogP contribution in [-0.4, -0.2) is 87.4 Å². The van der Waals surface area contributed by atoms with Gasteiger partial charge in [0.25, 0.3) is 5.91 Å². The lowest BCUT2D eigenvalue weighted by Gasteiger charge is -2.16. The molecule has 1 saturated carbocycles. The number of carbonyl (C=O) groups is 2. The second-order valence-electron chi connectivity index (χ2n) is 9.29. The monoisotopic (exact) mass is 495 g/mol. The number of nitrogens with one attached hydrogen (secondary N) is 2. The van der Waals surface area contributed by atoms with Gasteiger partial charge in [-0.15, -0.1) is 0 Å². The summed E-state index contributed by atoms with van der Waals surface area (Å²) >= 11 is 0. The van der Waals surface area contributed by atoms with E-state index in [1.807, 2.05) is 18.2 Å². The zero-order chi connectivity index (χ0) is 25.4. The smallest absolute Gasteiger partial charge is 0.255 e. The third-order valence-electron chi connectivity index (χ3n) is 6.71. The molecule has 2 aliphatic rings. The first kappa shape index (κ1) is 24.0. The first-order valence-corrected chi connectivity index (χ1v) is 11.9. The number of aromatic nitrogens is 3. The fourth-order valence-electron chi connectivity index (χ4n) is 4.51. The molecule has 0 bridgehead atoms. The third-order valence-corrected chi connectivity index (χ3v) is 6.71. The predicted octanol–water partition coefficient (Wildman–Crippen LogP) is 1.02. The highest BCUT2D eigenvalue weighted by molar-refractivity contribution is 6.09. The highest BCUT2D eigenvalue weighted by atomic mass is 16.5. The lowest BCUT2D eigenvalue weighted by atomic mass is 10.1. The van der Waals surface area contributed by atoms with Gasteiger partial charge in [0.05, 0.1) is 36.9 Å². The number of hydrogen-bond acceptors (Lipinski definition) is 8. The van der Waals surface area contributed by atoms with Crippen LogP contribution in [0, 0.1) is 12.8 Å². The molecule has 4 N–H and O–H groups in total. The minimum Gasteiger partial charge on any atom is -0.497 e. The van der Waals surface area contributed by atoms with Gasteiger partial charge < -0.3 is 34.9 Å². The van der Waals surface area contributed by atoms with E-state index in [1.54, 1.807) is 14.0 Å². The molecular formula is C25H29N5O6. The molecule has 11 heteroatoms. The number of β-amino-alcohol motifs (C(OH)–C–C–N with tert-alkyl or cyclic N) is 1. The number of aryl methyl sites for hydroxylation is 1.